The Bertz CT molecular complexity index is 690. The fourth-order valence-electron chi connectivity index (χ4n) is 2.71. The van der Waals surface area contributed by atoms with E-state index in [4.69, 9.17) is 23.4 Å². The summed E-state index contributed by atoms with van der Waals surface area (Å²) in [5, 5.41) is 6.35. The Kier molecular flexibility index (Phi) is 5.06. The van der Waals surface area contributed by atoms with E-state index >= 15 is 0 Å². The Morgan fingerprint density at radius 3 is 2.57 bits per heavy atom. The standard InChI is InChI=1S/C17H17Cl2N3O/c18-12-5-7-13(8-6-12)21-17(23)22-16-4-2-1-3-14(16)15-9-11(15)10-20-19/h1-8,11,15,20H,9-10H2,(H2,21,22,23). The SMILES string of the molecule is O=C(Nc1ccc(Cl)cc1)Nc1ccccc1C1CC1CNCl. The number of amides is 2. The number of halogens is 2. The minimum absolute atomic E-state index is 0.271. The van der Waals surface area contributed by atoms with Gasteiger partial charge in [-0.15, -0.1) is 0 Å². The number of hydrogen-bond donors (Lipinski definition) is 3. The predicted octanol–water partition coefficient (Wildman–Crippen LogP) is 4.83. The second kappa shape index (κ2) is 7.21. The largest absolute Gasteiger partial charge is 0.323 e. The summed E-state index contributed by atoms with van der Waals surface area (Å²) in [5.74, 6) is 0.961. The molecule has 0 aliphatic heterocycles. The molecule has 2 aromatic carbocycles. The number of urea groups is 1. The highest BCUT2D eigenvalue weighted by Crippen LogP contribution is 2.49. The lowest BCUT2D eigenvalue weighted by Gasteiger charge is -2.12. The number of carbonyl (C=O) groups is 1. The van der Waals surface area contributed by atoms with Crippen molar-refractivity contribution >= 4 is 40.8 Å². The van der Waals surface area contributed by atoms with Crippen LogP contribution in [0.25, 0.3) is 0 Å². The maximum absolute atomic E-state index is 12.2. The van der Waals surface area contributed by atoms with Crippen LogP contribution in [-0.4, -0.2) is 12.6 Å². The molecule has 4 nitrogen and oxygen atoms in total. The van der Waals surface area contributed by atoms with E-state index in [2.05, 4.69) is 21.5 Å². The topological polar surface area (TPSA) is 53.2 Å². The van der Waals surface area contributed by atoms with E-state index in [0.717, 1.165) is 24.2 Å². The van der Waals surface area contributed by atoms with E-state index in [-0.39, 0.29) is 6.03 Å². The van der Waals surface area contributed by atoms with Gasteiger partial charge in [-0.05, 0) is 65.9 Å². The van der Waals surface area contributed by atoms with E-state index in [0.29, 0.717) is 22.5 Å². The van der Waals surface area contributed by atoms with Crippen LogP contribution < -0.4 is 15.5 Å². The van der Waals surface area contributed by atoms with E-state index in [1.165, 1.54) is 0 Å². The van der Waals surface area contributed by atoms with Gasteiger partial charge in [-0.3, -0.25) is 0 Å². The van der Waals surface area contributed by atoms with E-state index in [1.807, 2.05) is 18.2 Å². The van der Waals surface area contributed by atoms with Crippen LogP contribution in [0.15, 0.2) is 48.5 Å². The molecule has 23 heavy (non-hydrogen) atoms. The second-order valence-electron chi connectivity index (χ2n) is 5.61. The van der Waals surface area contributed by atoms with Crippen molar-refractivity contribution < 1.29 is 4.79 Å². The fraction of sp³-hybridized carbons (Fsp3) is 0.235. The average molecular weight is 350 g/mol. The average Bonchev–Trinajstić information content (AvgIpc) is 3.30. The molecule has 6 heteroatoms. The van der Waals surface area contributed by atoms with E-state index in [1.54, 1.807) is 24.3 Å². The summed E-state index contributed by atoms with van der Waals surface area (Å²) in [5.41, 5.74) is 2.68. The number of para-hydroxylation sites is 1. The second-order valence-corrected chi connectivity index (χ2v) is 6.32. The molecule has 0 heterocycles. The van der Waals surface area contributed by atoms with Crippen LogP contribution >= 0.6 is 23.4 Å². The van der Waals surface area contributed by atoms with Gasteiger partial charge in [0.1, 0.15) is 0 Å². The van der Waals surface area contributed by atoms with Gasteiger partial charge >= 0.3 is 6.03 Å². The zero-order chi connectivity index (χ0) is 16.2. The third-order valence-electron chi connectivity index (χ3n) is 3.97. The highest BCUT2D eigenvalue weighted by Gasteiger charge is 2.39. The van der Waals surface area contributed by atoms with Gasteiger partial charge in [-0.25, -0.2) is 9.63 Å². The number of benzene rings is 2. The summed E-state index contributed by atoms with van der Waals surface area (Å²) in [6.45, 7) is 0.775. The van der Waals surface area contributed by atoms with Gasteiger partial charge in [0.15, 0.2) is 0 Å². The van der Waals surface area contributed by atoms with Gasteiger partial charge < -0.3 is 10.6 Å². The molecular weight excluding hydrogens is 333 g/mol. The molecule has 0 bridgehead atoms. The summed E-state index contributed by atoms with van der Waals surface area (Å²) in [6.07, 6.45) is 1.08. The molecule has 2 aromatic rings. The van der Waals surface area contributed by atoms with Crippen molar-refractivity contribution in [2.45, 2.75) is 12.3 Å². The first kappa shape index (κ1) is 16.1. The van der Waals surface area contributed by atoms with Gasteiger partial charge in [0, 0.05) is 22.9 Å². The van der Waals surface area contributed by atoms with Gasteiger partial charge in [-0.1, -0.05) is 29.8 Å². The molecule has 3 rings (SSSR count). The maximum Gasteiger partial charge on any atom is 0.323 e. The molecule has 2 unspecified atom stereocenters. The van der Waals surface area contributed by atoms with Gasteiger partial charge in [-0.2, -0.15) is 0 Å². The third kappa shape index (κ3) is 4.16. The van der Waals surface area contributed by atoms with Crippen molar-refractivity contribution in [3.8, 4) is 0 Å². The zero-order valence-corrected chi connectivity index (χ0v) is 13.9. The molecule has 120 valence electrons. The quantitative estimate of drug-likeness (QED) is 0.677. The normalized spacial score (nSPS) is 19.2. The number of rotatable bonds is 5. The first-order valence-electron chi connectivity index (χ1n) is 7.43. The van der Waals surface area contributed by atoms with Gasteiger partial charge in [0.25, 0.3) is 0 Å². The molecule has 0 radical (unpaired) electrons. The maximum atomic E-state index is 12.2. The molecular formula is C17H17Cl2N3O. The van der Waals surface area contributed by atoms with Crippen LogP contribution in [0.2, 0.25) is 5.02 Å². The van der Waals surface area contributed by atoms with E-state index < -0.39 is 0 Å². The van der Waals surface area contributed by atoms with Crippen LogP contribution in [0.3, 0.4) is 0 Å². The molecule has 1 aliphatic carbocycles. The van der Waals surface area contributed by atoms with E-state index in [9.17, 15) is 4.79 Å². The third-order valence-corrected chi connectivity index (χ3v) is 4.38. The number of hydrogen-bond acceptors (Lipinski definition) is 2. The lowest BCUT2D eigenvalue weighted by Crippen LogP contribution is -2.20. The van der Waals surface area contributed by atoms with Crippen molar-refractivity contribution in [1.82, 2.24) is 4.84 Å². The monoisotopic (exact) mass is 349 g/mol. The Labute approximate surface area is 145 Å². The number of carbonyl (C=O) groups excluding carboxylic acids is 1. The molecule has 0 aromatic heterocycles. The summed E-state index contributed by atoms with van der Waals surface area (Å²) in [7, 11) is 0. The van der Waals surface area contributed by atoms with Crippen molar-refractivity contribution in [3.05, 3.63) is 59.1 Å². The van der Waals surface area contributed by atoms with Gasteiger partial charge in [0.2, 0.25) is 0 Å². The summed E-state index contributed by atoms with van der Waals surface area (Å²) < 4.78 is 0. The summed E-state index contributed by atoms with van der Waals surface area (Å²) >= 11 is 11.4. The predicted molar refractivity (Wildman–Crippen MR) is 95.2 cm³/mol. The van der Waals surface area contributed by atoms with Crippen molar-refractivity contribution in [2.24, 2.45) is 5.92 Å². The minimum Gasteiger partial charge on any atom is -0.308 e. The first-order chi connectivity index (χ1) is 11.2. The molecule has 0 spiro atoms. The van der Waals surface area contributed by atoms with Crippen molar-refractivity contribution in [2.75, 3.05) is 17.2 Å². The molecule has 0 saturated heterocycles. The molecule has 3 N–H and O–H groups in total. The van der Waals surface area contributed by atoms with Crippen LogP contribution in [0.4, 0.5) is 16.2 Å². The van der Waals surface area contributed by atoms with Crippen molar-refractivity contribution in [1.29, 1.82) is 0 Å². The summed E-state index contributed by atoms with van der Waals surface area (Å²) in [6, 6.07) is 14.6. The van der Waals surface area contributed by atoms with Crippen LogP contribution in [0.1, 0.15) is 17.9 Å². The fourth-order valence-corrected chi connectivity index (χ4v) is 3.03. The highest BCUT2D eigenvalue weighted by atomic mass is 35.5. The molecule has 1 fully saturated rings. The van der Waals surface area contributed by atoms with Crippen LogP contribution in [-0.2, 0) is 0 Å². The molecule has 2 amide bonds. The number of nitrogens with one attached hydrogen (secondary N) is 3. The lowest BCUT2D eigenvalue weighted by atomic mass is 10.1. The first-order valence-corrected chi connectivity index (χ1v) is 8.19. The molecule has 1 aliphatic rings. The van der Waals surface area contributed by atoms with Crippen molar-refractivity contribution in [3.63, 3.8) is 0 Å². The van der Waals surface area contributed by atoms with Crippen LogP contribution in [0, 0.1) is 5.92 Å². The van der Waals surface area contributed by atoms with Gasteiger partial charge in [0.05, 0.1) is 0 Å². The van der Waals surface area contributed by atoms with Crippen LogP contribution in [0.5, 0.6) is 0 Å². The molecule has 1 saturated carbocycles. The minimum atomic E-state index is -0.271. The summed E-state index contributed by atoms with van der Waals surface area (Å²) in [4.78, 5) is 14.9. The molecule has 2 atom stereocenters. The Morgan fingerprint density at radius 1 is 1.09 bits per heavy atom. The highest BCUT2D eigenvalue weighted by molar-refractivity contribution is 6.30. The Hall–Kier alpha value is -1.75. The number of anilines is 2. The Balaban J connectivity index is 1.66. The Morgan fingerprint density at radius 2 is 1.83 bits per heavy atom. The lowest BCUT2D eigenvalue weighted by molar-refractivity contribution is 0.262. The smallest absolute Gasteiger partial charge is 0.308 e. The zero-order valence-electron chi connectivity index (χ0n) is 12.4.